The van der Waals surface area contributed by atoms with Crippen LogP contribution in [0, 0.1) is 5.92 Å². The zero-order chi connectivity index (χ0) is 26.3. The first-order valence-corrected chi connectivity index (χ1v) is 17.1. The maximum Gasteiger partial charge on any atom is 0.303 e. The topological polar surface area (TPSA) is 63.6 Å². The number of hydrogen-bond donors (Lipinski definition) is 1. The summed E-state index contributed by atoms with van der Waals surface area (Å²) in [5.41, 5.74) is 1.29. The Labute approximate surface area is 217 Å². The van der Waals surface area contributed by atoms with E-state index < -0.39 is 14.3 Å². The molecule has 1 N–H and O–H groups in total. The van der Waals surface area contributed by atoms with Crippen molar-refractivity contribution >= 4 is 20.1 Å². The van der Waals surface area contributed by atoms with Gasteiger partial charge in [0.1, 0.15) is 5.78 Å². The average molecular weight is 507 g/mol. The predicted molar refractivity (Wildman–Crippen MR) is 150 cm³/mol. The normalized spacial score (nSPS) is 17.8. The van der Waals surface area contributed by atoms with Crippen molar-refractivity contribution in [1.82, 2.24) is 0 Å². The summed E-state index contributed by atoms with van der Waals surface area (Å²) in [5, 5.41) is 8.96. The Balaban J connectivity index is 2.62. The van der Waals surface area contributed by atoms with Crippen molar-refractivity contribution in [3.8, 4) is 0 Å². The molecule has 0 saturated heterocycles. The van der Waals surface area contributed by atoms with Crippen LogP contribution in [0.5, 0.6) is 0 Å². The Morgan fingerprint density at radius 1 is 1.09 bits per heavy atom. The molecule has 0 spiro atoms. The van der Waals surface area contributed by atoms with Crippen LogP contribution in [0.4, 0.5) is 0 Å². The lowest BCUT2D eigenvalue weighted by molar-refractivity contribution is -0.137. The minimum Gasteiger partial charge on any atom is -0.481 e. The fraction of sp³-hybridized carbons (Fsp3) is 0.800. The number of unbranched alkanes of at least 4 members (excludes halogenated alkanes) is 7. The highest BCUT2D eigenvalue weighted by molar-refractivity contribution is 6.74. The zero-order valence-electron chi connectivity index (χ0n) is 23.7. The van der Waals surface area contributed by atoms with E-state index in [0.717, 1.165) is 32.1 Å². The van der Waals surface area contributed by atoms with E-state index in [1.165, 1.54) is 50.5 Å². The van der Waals surface area contributed by atoms with Crippen molar-refractivity contribution in [3.05, 3.63) is 23.8 Å². The maximum atomic E-state index is 12.5. The summed E-state index contributed by atoms with van der Waals surface area (Å²) < 4.78 is 6.88. The van der Waals surface area contributed by atoms with Crippen molar-refractivity contribution < 1.29 is 19.1 Å². The van der Waals surface area contributed by atoms with Crippen LogP contribution in [-0.2, 0) is 14.0 Å². The molecule has 1 unspecified atom stereocenters. The molecule has 1 aliphatic carbocycles. The van der Waals surface area contributed by atoms with Gasteiger partial charge in [-0.25, -0.2) is 0 Å². The van der Waals surface area contributed by atoms with Crippen molar-refractivity contribution in [1.29, 1.82) is 0 Å². The standard InChI is InChI=1S/C30H54O4Si/c1-7-8-9-10-11-12-15-18-26(34-35(5,6)30(2,3)4)23-21-25-22-24-28(31)27(25)19-16-13-14-17-20-29(32)33/h13,16,22,26-27H,7-12,14-15,17-21,23-24H2,1-6H3,(H,32,33)/b16-13-/t26?,27-/m1/s1. The Morgan fingerprint density at radius 3 is 2.37 bits per heavy atom. The molecule has 1 aliphatic rings. The Kier molecular flexibility index (Phi) is 15.0. The average Bonchev–Trinajstić information content (AvgIpc) is 3.11. The minimum absolute atomic E-state index is 0.00203. The third-order valence-electron chi connectivity index (χ3n) is 7.85. The third-order valence-corrected chi connectivity index (χ3v) is 12.4. The number of rotatable bonds is 19. The van der Waals surface area contributed by atoms with Gasteiger partial charge in [0.15, 0.2) is 8.32 Å². The zero-order valence-corrected chi connectivity index (χ0v) is 24.7. The molecular weight excluding hydrogens is 452 g/mol. The van der Waals surface area contributed by atoms with Gasteiger partial charge in [0, 0.05) is 24.9 Å². The maximum absolute atomic E-state index is 12.5. The number of carboxylic acid groups (broad SMARTS) is 1. The van der Waals surface area contributed by atoms with Gasteiger partial charge in [0.2, 0.25) is 0 Å². The molecule has 5 heteroatoms. The van der Waals surface area contributed by atoms with Gasteiger partial charge in [0.25, 0.3) is 0 Å². The van der Waals surface area contributed by atoms with Gasteiger partial charge in [-0.05, 0) is 56.7 Å². The summed E-state index contributed by atoms with van der Waals surface area (Å²) in [6.45, 7) is 13.9. The SMILES string of the molecule is CCCCCCCCCC(CCC1=CCC(=O)[C@@H]1C/C=C\CCCC(=O)O)O[Si](C)(C)C(C)(C)C. The molecule has 0 aliphatic heterocycles. The molecule has 0 saturated carbocycles. The molecule has 0 radical (unpaired) electrons. The molecule has 0 bridgehead atoms. The fourth-order valence-corrected chi connectivity index (χ4v) is 5.94. The van der Waals surface area contributed by atoms with Crippen LogP contribution < -0.4 is 0 Å². The highest BCUT2D eigenvalue weighted by Gasteiger charge is 2.39. The highest BCUT2D eigenvalue weighted by Crippen LogP contribution is 2.39. The van der Waals surface area contributed by atoms with Crippen LogP contribution in [0.25, 0.3) is 0 Å². The minimum atomic E-state index is -1.84. The van der Waals surface area contributed by atoms with Crippen LogP contribution >= 0.6 is 0 Å². The second-order valence-electron chi connectivity index (χ2n) is 11.9. The fourth-order valence-electron chi connectivity index (χ4n) is 4.52. The lowest BCUT2D eigenvalue weighted by Crippen LogP contribution is -2.44. The van der Waals surface area contributed by atoms with Crippen LogP contribution in [0.2, 0.25) is 18.1 Å². The molecule has 2 atom stereocenters. The first kappa shape index (κ1) is 31.8. The summed E-state index contributed by atoms with van der Waals surface area (Å²) in [5.74, 6) is -0.428. The number of Topliss-reactive ketones (excluding diaryl/α,β-unsaturated/α-hetero) is 1. The van der Waals surface area contributed by atoms with E-state index in [1.807, 2.05) is 6.08 Å². The van der Waals surface area contributed by atoms with Gasteiger partial charge in [-0.2, -0.15) is 0 Å². The smallest absolute Gasteiger partial charge is 0.303 e. The summed E-state index contributed by atoms with van der Waals surface area (Å²) in [4.78, 5) is 23.2. The molecular formula is C30H54O4Si. The van der Waals surface area contributed by atoms with E-state index in [1.54, 1.807) is 0 Å². The third kappa shape index (κ3) is 13.1. The van der Waals surface area contributed by atoms with Gasteiger partial charge in [-0.1, -0.05) is 96.4 Å². The number of carboxylic acids is 1. The summed E-state index contributed by atoms with van der Waals surface area (Å²) in [6.07, 6.45) is 21.7. The van der Waals surface area contributed by atoms with E-state index in [4.69, 9.17) is 9.53 Å². The van der Waals surface area contributed by atoms with Crippen molar-refractivity contribution in [2.75, 3.05) is 0 Å². The van der Waals surface area contributed by atoms with Crippen molar-refractivity contribution in [3.63, 3.8) is 0 Å². The molecule has 0 aromatic heterocycles. The first-order chi connectivity index (χ1) is 16.5. The number of aliphatic carboxylic acids is 1. The van der Waals surface area contributed by atoms with Crippen LogP contribution in [-0.4, -0.2) is 31.3 Å². The van der Waals surface area contributed by atoms with Gasteiger partial charge in [-0.3, -0.25) is 9.59 Å². The van der Waals surface area contributed by atoms with Gasteiger partial charge >= 0.3 is 5.97 Å². The van der Waals surface area contributed by atoms with E-state index in [0.29, 0.717) is 18.6 Å². The summed E-state index contributed by atoms with van der Waals surface area (Å²) in [6, 6.07) is 0. The molecule has 0 aromatic carbocycles. The Hall–Kier alpha value is -1.20. The largest absolute Gasteiger partial charge is 0.481 e. The molecule has 1 rings (SSSR count). The highest BCUT2D eigenvalue weighted by atomic mass is 28.4. The molecule has 0 fully saturated rings. The first-order valence-electron chi connectivity index (χ1n) is 14.2. The van der Waals surface area contributed by atoms with E-state index in [9.17, 15) is 9.59 Å². The van der Waals surface area contributed by atoms with Gasteiger partial charge < -0.3 is 9.53 Å². The lowest BCUT2D eigenvalue weighted by Gasteiger charge is -2.39. The lowest BCUT2D eigenvalue weighted by atomic mass is 9.91. The summed E-state index contributed by atoms with van der Waals surface area (Å²) >= 11 is 0. The molecule has 0 amide bonds. The second kappa shape index (κ2) is 16.5. The molecule has 0 aromatic rings. The van der Waals surface area contributed by atoms with E-state index >= 15 is 0 Å². The quantitative estimate of drug-likeness (QED) is 0.108. The van der Waals surface area contributed by atoms with E-state index in [2.05, 4.69) is 52.9 Å². The molecule has 35 heavy (non-hydrogen) atoms. The number of carbonyl (C=O) groups excluding carboxylic acids is 1. The number of hydrogen-bond acceptors (Lipinski definition) is 3. The Morgan fingerprint density at radius 2 is 1.74 bits per heavy atom. The van der Waals surface area contributed by atoms with Crippen molar-refractivity contribution in [2.24, 2.45) is 5.92 Å². The van der Waals surface area contributed by atoms with Crippen LogP contribution in [0.3, 0.4) is 0 Å². The second-order valence-corrected chi connectivity index (χ2v) is 16.7. The van der Waals surface area contributed by atoms with Crippen LogP contribution in [0.1, 0.15) is 124 Å². The molecule has 202 valence electrons. The Bertz CT molecular complexity index is 687. The van der Waals surface area contributed by atoms with Gasteiger partial charge in [0.05, 0.1) is 0 Å². The molecule has 4 nitrogen and oxygen atoms in total. The monoisotopic (exact) mass is 506 g/mol. The number of ketones is 1. The van der Waals surface area contributed by atoms with Crippen molar-refractivity contribution in [2.45, 2.75) is 148 Å². The number of allylic oxidation sites excluding steroid dienone is 4. The summed E-state index contributed by atoms with van der Waals surface area (Å²) in [7, 11) is -1.84. The predicted octanol–water partition coefficient (Wildman–Crippen LogP) is 9.01. The van der Waals surface area contributed by atoms with E-state index in [-0.39, 0.29) is 23.5 Å². The number of carbonyl (C=O) groups is 2. The molecule has 0 heterocycles. The van der Waals surface area contributed by atoms with Gasteiger partial charge in [-0.15, -0.1) is 0 Å². The van der Waals surface area contributed by atoms with Crippen LogP contribution in [0.15, 0.2) is 23.8 Å².